The summed E-state index contributed by atoms with van der Waals surface area (Å²) in [5.41, 5.74) is 0.329. The van der Waals surface area contributed by atoms with E-state index in [1.54, 1.807) is 0 Å². The van der Waals surface area contributed by atoms with Gasteiger partial charge in [-0.1, -0.05) is 12.1 Å². The second-order valence-electron chi connectivity index (χ2n) is 10.1. The molecule has 1 aromatic carbocycles. The largest absolute Gasteiger partial charge is 0.416 e. The van der Waals surface area contributed by atoms with Crippen LogP contribution in [0.5, 0.6) is 0 Å². The molecule has 2 atom stereocenters. The Morgan fingerprint density at radius 1 is 0.972 bits per heavy atom. The second-order valence-corrected chi connectivity index (χ2v) is 10.1. The summed E-state index contributed by atoms with van der Waals surface area (Å²) < 4.78 is 38.8. The fraction of sp³-hybridized carbons (Fsp3) is 0.519. The molecule has 3 fully saturated rings. The highest BCUT2D eigenvalue weighted by atomic mass is 19.4. The van der Waals surface area contributed by atoms with Gasteiger partial charge in [0.25, 0.3) is 5.91 Å². The van der Waals surface area contributed by atoms with Gasteiger partial charge in [0.2, 0.25) is 5.91 Å². The maximum atomic E-state index is 12.9. The van der Waals surface area contributed by atoms with Crippen molar-refractivity contribution in [1.29, 1.82) is 0 Å². The standard InChI is InChI=1S/C27H31F3N4O2/c28-27(29,30)21-5-1-3-19(15-21)26(36)32-17-25(35)34-14-11-23-24(34)10-13-33(23)22-8-6-18(7-9-22)20-4-2-12-31-16-20/h1-5,12,15-16,18,22-24H,6-11,13-14,17H2,(H,32,36)/t18?,22?,23-,24-/m1/s1. The van der Waals surface area contributed by atoms with Crippen molar-refractivity contribution in [1.82, 2.24) is 20.1 Å². The molecule has 1 saturated carbocycles. The lowest BCUT2D eigenvalue weighted by atomic mass is 9.81. The predicted molar refractivity (Wildman–Crippen MR) is 128 cm³/mol. The van der Waals surface area contributed by atoms with E-state index >= 15 is 0 Å². The van der Waals surface area contributed by atoms with E-state index < -0.39 is 17.6 Å². The van der Waals surface area contributed by atoms with E-state index in [-0.39, 0.29) is 24.1 Å². The molecule has 36 heavy (non-hydrogen) atoms. The van der Waals surface area contributed by atoms with Crippen LogP contribution in [0.25, 0.3) is 0 Å². The highest BCUT2D eigenvalue weighted by Gasteiger charge is 2.46. The minimum absolute atomic E-state index is 0.106. The SMILES string of the molecule is O=C(NCC(=O)N1CC[C@@H]2[C@H]1CCN2C1CCC(c2cccnc2)CC1)c1cccc(C(F)(F)F)c1. The molecule has 9 heteroatoms. The number of hydrogen-bond acceptors (Lipinski definition) is 4. The minimum atomic E-state index is -4.52. The molecule has 192 valence electrons. The van der Waals surface area contributed by atoms with E-state index in [0.717, 1.165) is 57.2 Å². The quantitative estimate of drug-likeness (QED) is 0.668. The molecule has 1 aromatic heterocycles. The zero-order chi connectivity index (χ0) is 25.3. The summed E-state index contributed by atoms with van der Waals surface area (Å²) in [6.45, 7) is 1.40. The van der Waals surface area contributed by atoms with Gasteiger partial charge >= 0.3 is 6.18 Å². The number of carbonyl (C=O) groups is 2. The number of aromatic nitrogens is 1. The van der Waals surface area contributed by atoms with E-state index in [2.05, 4.69) is 21.3 Å². The van der Waals surface area contributed by atoms with Gasteiger partial charge in [-0.15, -0.1) is 0 Å². The molecular weight excluding hydrogens is 469 g/mol. The zero-order valence-corrected chi connectivity index (χ0v) is 20.1. The number of halogens is 3. The molecule has 0 radical (unpaired) electrons. The molecule has 0 bridgehead atoms. The van der Waals surface area contributed by atoms with Crippen molar-refractivity contribution in [2.24, 2.45) is 0 Å². The van der Waals surface area contributed by atoms with Crippen molar-refractivity contribution in [2.45, 2.75) is 68.7 Å². The molecule has 3 heterocycles. The van der Waals surface area contributed by atoms with Gasteiger partial charge in [-0.3, -0.25) is 19.5 Å². The van der Waals surface area contributed by atoms with Crippen LogP contribution in [0.3, 0.4) is 0 Å². The Morgan fingerprint density at radius 2 is 1.75 bits per heavy atom. The Labute approximate surface area is 208 Å². The van der Waals surface area contributed by atoms with Crippen LogP contribution in [0, 0.1) is 0 Å². The number of amides is 2. The highest BCUT2D eigenvalue weighted by molar-refractivity contribution is 5.96. The van der Waals surface area contributed by atoms with Gasteiger partial charge in [-0.05, 0) is 74.3 Å². The van der Waals surface area contributed by atoms with E-state index in [4.69, 9.17) is 0 Å². The van der Waals surface area contributed by atoms with Crippen LogP contribution in [-0.2, 0) is 11.0 Å². The van der Waals surface area contributed by atoms with Gasteiger partial charge < -0.3 is 10.2 Å². The lowest BCUT2D eigenvalue weighted by Gasteiger charge is -2.37. The number of carbonyl (C=O) groups excluding carboxylic acids is 2. The maximum Gasteiger partial charge on any atom is 0.416 e. The van der Waals surface area contributed by atoms with Crippen LogP contribution in [0.15, 0.2) is 48.8 Å². The Balaban J connectivity index is 1.13. The van der Waals surface area contributed by atoms with Gasteiger partial charge in [0.15, 0.2) is 0 Å². The summed E-state index contributed by atoms with van der Waals surface area (Å²) in [6, 6.07) is 9.42. The maximum absolute atomic E-state index is 12.9. The molecule has 2 aliphatic heterocycles. The van der Waals surface area contributed by atoms with Crippen molar-refractivity contribution >= 4 is 11.8 Å². The summed E-state index contributed by atoms with van der Waals surface area (Å²) in [5, 5.41) is 2.51. The lowest BCUT2D eigenvalue weighted by molar-refractivity contribution is -0.137. The first-order chi connectivity index (χ1) is 17.3. The minimum Gasteiger partial charge on any atom is -0.343 e. The third-order valence-corrected chi connectivity index (χ3v) is 8.11. The zero-order valence-electron chi connectivity index (χ0n) is 20.1. The molecule has 6 nitrogen and oxygen atoms in total. The molecule has 2 aromatic rings. The fourth-order valence-electron chi connectivity index (χ4n) is 6.34. The highest BCUT2D eigenvalue weighted by Crippen LogP contribution is 2.40. The van der Waals surface area contributed by atoms with Gasteiger partial charge in [-0.2, -0.15) is 13.2 Å². The first-order valence-corrected chi connectivity index (χ1v) is 12.7. The summed E-state index contributed by atoms with van der Waals surface area (Å²) in [4.78, 5) is 34.1. The van der Waals surface area contributed by atoms with E-state index in [9.17, 15) is 22.8 Å². The smallest absolute Gasteiger partial charge is 0.343 e. The predicted octanol–water partition coefficient (Wildman–Crippen LogP) is 4.23. The average molecular weight is 501 g/mol. The molecular formula is C27H31F3N4O2. The summed E-state index contributed by atoms with van der Waals surface area (Å²) in [7, 11) is 0. The van der Waals surface area contributed by atoms with Crippen molar-refractivity contribution in [2.75, 3.05) is 19.6 Å². The number of nitrogens with one attached hydrogen (secondary N) is 1. The lowest BCUT2D eigenvalue weighted by Crippen LogP contribution is -2.46. The van der Waals surface area contributed by atoms with Crippen LogP contribution in [0.1, 0.15) is 65.9 Å². The third kappa shape index (κ3) is 5.12. The normalized spacial score (nSPS) is 26.6. The van der Waals surface area contributed by atoms with Crippen LogP contribution in [0.4, 0.5) is 13.2 Å². The van der Waals surface area contributed by atoms with Gasteiger partial charge in [0.1, 0.15) is 0 Å². The average Bonchev–Trinajstić information content (AvgIpc) is 3.50. The van der Waals surface area contributed by atoms with Crippen molar-refractivity contribution < 1.29 is 22.8 Å². The monoisotopic (exact) mass is 500 g/mol. The fourth-order valence-corrected chi connectivity index (χ4v) is 6.34. The Morgan fingerprint density at radius 3 is 2.47 bits per heavy atom. The Bertz CT molecular complexity index is 1090. The van der Waals surface area contributed by atoms with E-state index in [0.29, 0.717) is 24.5 Å². The van der Waals surface area contributed by atoms with Gasteiger partial charge in [0.05, 0.1) is 12.1 Å². The number of fused-ring (bicyclic) bond motifs is 1. The number of pyridine rings is 1. The number of likely N-dealkylation sites (tertiary alicyclic amines) is 2. The van der Waals surface area contributed by atoms with Crippen molar-refractivity contribution in [3.05, 3.63) is 65.5 Å². The topological polar surface area (TPSA) is 65.5 Å². The van der Waals surface area contributed by atoms with Crippen LogP contribution in [0.2, 0.25) is 0 Å². The van der Waals surface area contributed by atoms with Crippen molar-refractivity contribution in [3.63, 3.8) is 0 Å². The summed E-state index contributed by atoms with van der Waals surface area (Å²) in [5.74, 6) is -0.288. The molecule has 2 amide bonds. The van der Waals surface area contributed by atoms with E-state index in [1.165, 1.54) is 17.7 Å². The van der Waals surface area contributed by atoms with Crippen molar-refractivity contribution in [3.8, 4) is 0 Å². The van der Waals surface area contributed by atoms with Gasteiger partial charge in [0, 0.05) is 49.2 Å². The number of nitrogens with zero attached hydrogens (tertiary/aromatic N) is 3. The molecule has 1 N–H and O–H groups in total. The number of alkyl halides is 3. The molecule has 0 unspecified atom stereocenters. The molecule has 5 rings (SSSR count). The first-order valence-electron chi connectivity index (χ1n) is 12.7. The van der Waals surface area contributed by atoms with Crippen LogP contribution >= 0.6 is 0 Å². The number of hydrogen-bond donors (Lipinski definition) is 1. The second kappa shape index (κ2) is 10.2. The number of benzene rings is 1. The molecule has 0 spiro atoms. The Hall–Kier alpha value is -2.94. The van der Waals surface area contributed by atoms with Gasteiger partial charge in [-0.25, -0.2) is 0 Å². The summed E-state index contributed by atoms with van der Waals surface area (Å²) in [6.07, 6.45) is 5.67. The Kier molecular flexibility index (Phi) is 7.01. The third-order valence-electron chi connectivity index (χ3n) is 8.11. The molecule has 1 aliphatic carbocycles. The first kappa shape index (κ1) is 24.7. The molecule has 2 saturated heterocycles. The van der Waals surface area contributed by atoms with E-state index in [1.807, 2.05) is 23.4 Å². The molecule has 3 aliphatic rings. The van der Waals surface area contributed by atoms with Crippen LogP contribution in [-0.4, -0.2) is 64.4 Å². The van der Waals surface area contributed by atoms with Crippen LogP contribution < -0.4 is 5.32 Å². The summed E-state index contributed by atoms with van der Waals surface area (Å²) >= 11 is 0. The number of rotatable bonds is 5.